The first-order chi connectivity index (χ1) is 28.8. The van der Waals surface area contributed by atoms with Gasteiger partial charge in [0.1, 0.15) is 24.4 Å². The van der Waals surface area contributed by atoms with Crippen LogP contribution in [0.2, 0.25) is 0 Å². The number of fused-ring (bicyclic) bond motifs is 4. The molecule has 3 aromatic carbocycles. The molecule has 1 saturated heterocycles. The average Bonchev–Trinajstić information content (AvgIpc) is 3.47. The van der Waals surface area contributed by atoms with E-state index in [4.69, 9.17) is 33.2 Å². The normalized spacial score (nSPS) is 31.4. The Morgan fingerprint density at radius 1 is 0.672 bits per heavy atom. The van der Waals surface area contributed by atoms with Crippen LogP contribution >= 0.6 is 0 Å². The number of carbonyl (C=O) groups is 6. The van der Waals surface area contributed by atoms with Gasteiger partial charge in [0, 0.05) is 33.6 Å². The Balaban J connectivity index is 1.62. The fourth-order valence-corrected chi connectivity index (χ4v) is 10.4. The van der Waals surface area contributed by atoms with Crippen LogP contribution in [0.25, 0.3) is 0 Å². The Morgan fingerprint density at radius 2 is 1.15 bits per heavy atom. The number of hydrogen-bond donors (Lipinski definition) is 1. The van der Waals surface area contributed by atoms with Crippen molar-refractivity contribution in [2.24, 2.45) is 16.7 Å². The van der Waals surface area contributed by atoms with Gasteiger partial charge in [-0.25, -0.2) is 14.4 Å². The summed E-state index contributed by atoms with van der Waals surface area (Å²) in [7, 11) is 0. The van der Waals surface area contributed by atoms with Gasteiger partial charge in [0.2, 0.25) is 0 Å². The molecule has 3 aromatic rings. The lowest BCUT2D eigenvalue weighted by atomic mass is 9.49. The molecule has 0 unspecified atom stereocenters. The molecular formula is C47H50O14. The Morgan fingerprint density at radius 3 is 1.57 bits per heavy atom. The lowest BCUT2D eigenvalue weighted by molar-refractivity contribution is -0.351. The molecule has 10 atom stereocenters. The molecule has 0 aromatic heterocycles. The first-order valence-corrected chi connectivity index (χ1v) is 20.2. The van der Waals surface area contributed by atoms with Crippen LogP contribution in [-0.4, -0.2) is 95.4 Å². The summed E-state index contributed by atoms with van der Waals surface area (Å²) in [4.78, 5) is 83.3. The van der Waals surface area contributed by atoms with Crippen LogP contribution in [0.4, 0.5) is 0 Å². The minimum Gasteiger partial charge on any atom is -0.462 e. The zero-order valence-electron chi connectivity index (χ0n) is 35.1. The first-order valence-electron chi connectivity index (χ1n) is 20.2. The first kappa shape index (κ1) is 43.2. The highest BCUT2D eigenvalue weighted by atomic mass is 16.6. The number of rotatable bonds is 10. The van der Waals surface area contributed by atoms with Crippen molar-refractivity contribution in [3.05, 3.63) is 119 Å². The molecule has 322 valence electrons. The molecular weight excluding hydrogens is 789 g/mol. The van der Waals surface area contributed by atoms with E-state index in [0.717, 1.165) is 0 Å². The van der Waals surface area contributed by atoms with Gasteiger partial charge in [-0.15, -0.1) is 0 Å². The van der Waals surface area contributed by atoms with Crippen LogP contribution in [0, 0.1) is 16.7 Å². The van der Waals surface area contributed by atoms with E-state index in [1.165, 1.54) is 58.9 Å². The van der Waals surface area contributed by atoms with E-state index in [1.807, 2.05) is 0 Å². The molecule has 7 rings (SSSR count). The zero-order chi connectivity index (χ0) is 44.1. The third-order valence-corrected chi connectivity index (χ3v) is 13.0. The van der Waals surface area contributed by atoms with Gasteiger partial charge < -0.3 is 38.3 Å². The molecule has 0 spiro atoms. The SMILES string of the molecule is CC(=O)O[C@H]1C[C@]2(C(C)(C)O)C(=C1C)[C@@H](OC(=O)c1ccccc1)[C@H](OC(=O)c1ccccc1)[C@]1(C)[C@@H](OC(C)=O)C[C@H]3OC[C@@]3(OC(C)=O)[C@@H]1[C@@H]2OC(=O)c1ccccc1. The monoisotopic (exact) mass is 838 g/mol. The highest BCUT2D eigenvalue weighted by Gasteiger charge is 2.81. The van der Waals surface area contributed by atoms with E-state index < -0.39 is 100 Å². The van der Waals surface area contributed by atoms with E-state index in [1.54, 1.807) is 80.6 Å². The standard InChI is InChI=1S/C47H50O14/c1-26-33(56-27(2)48)24-46(44(5,6)54)36(26)37(58-41(51)30-17-11-8-12-18-30)39(59-42(52)31-19-13-9-14-20-31)45(7)34(57-28(3)49)23-35-47(25-55-35,61-29(4)50)38(45)40(46)60-43(53)32-21-15-10-16-22-32/h8-22,33-35,37-40,54H,23-25H2,1-7H3/t33-,34-,35+,37+,38+,39-,40-,45+,46-,47-/m0/s1. The van der Waals surface area contributed by atoms with Crippen LogP contribution in [0.1, 0.15) is 92.4 Å². The molecule has 1 N–H and O–H groups in total. The summed E-state index contributed by atoms with van der Waals surface area (Å²) in [6.45, 7) is 9.67. The summed E-state index contributed by atoms with van der Waals surface area (Å²) < 4.78 is 44.7. The van der Waals surface area contributed by atoms with Crippen molar-refractivity contribution in [1.29, 1.82) is 0 Å². The van der Waals surface area contributed by atoms with Gasteiger partial charge in [-0.05, 0) is 68.3 Å². The zero-order valence-corrected chi connectivity index (χ0v) is 35.1. The number of ether oxygens (including phenoxy) is 7. The Labute approximate surface area is 353 Å². The summed E-state index contributed by atoms with van der Waals surface area (Å²) in [5, 5.41) is 13.0. The fraction of sp³-hybridized carbons (Fsp3) is 0.447. The Kier molecular flexibility index (Phi) is 11.5. The van der Waals surface area contributed by atoms with Crippen molar-refractivity contribution in [3.63, 3.8) is 0 Å². The van der Waals surface area contributed by atoms with Crippen LogP contribution in [0.3, 0.4) is 0 Å². The topological polar surface area (TPSA) is 187 Å². The van der Waals surface area contributed by atoms with Crippen LogP contribution in [0.15, 0.2) is 102 Å². The lowest BCUT2D eigenvalue weighted by Gasteiger charge is -2.65. The molecule has 1 heterocycles. The summed E-state index contributed by atoms with van der Waals surface area (Å²) in [5.74, 6) is -6.04. The van der Waals surface area contributed by atoms with E-state index in [-0.39, 0.29) is 41.7 Å². The van der Waals surface area contributed by atoms with Crippen LogP contribution in [-0.2, 0) is 47.5 Å². The molecule has 0 radical (unpaired) electrons. The maximum Gasteiger partial charge on any atom is 0.338 e. The van der Waals surface area contributed by atoms with Crippen molar-refractivity contribution in [3.8, 4) is 0 Å². The molecule has 4 aliphatic rings. The summed E-state index contributed by atoms with van der Waals surface area (Å²) in [5.41, 5.74) is -6.53. The van der Waals surface area contributed by atoms with Crippen LogP contribution < -0.4 is 0 Å². The second-order valence-corrected chi connectivity index (χ2v) is 17.0. The molecule has 3 fully saturated rings. The van der Waals surface area contributed by atoms with Crippen LogP contribution in [0.5, 0.6) is 0 Å². The molecule has 61 heavy (non-hydrogen) atoms. The third-order valence-electron chi connectivity index (χ3n) is 13.0. The van der Waals surface area contributed by atoms with Crippen molar-refractivity contribution in [1.82, 2.24) is 0 Å². The number of esters is 6. The van der Waals surface area contributed by atoms with E-state index in [0.29, 0.717) is 5.57 Å². The molecule has 1 aliphatic heterocycles. The Bertz CT molecular complexity index is 2230. The second kappa shape index (κ2) is 16.2. The molecule has 3 aliphatic carbocycles. The summed E-state index contributed by atoms with van der Waals surface area (Å²) >= 11 is 0. The highest BCUT2D eigenvalue weighted by molar-refractivity contribution is 5.91. The van der Waals surface area contributed by atoms with Gasteiger partial charge in [0.05, 0.1) is 45.6 Å². The smallest absolute Gasteiger partial charge is 0.338 e. The van der Waals surface area contributed by atoms with Gasteiger partial charge in [-0.1, -0.05) is 61.5 Å². The van der Waals surface area contributed by atoms with Gasteiger partial charge in [-0.3, -0.25) is 14.4 Å². The fourth-order valence-electron chi connectivity index (χ4n) is 10.4. The number of hydrogen-bond acceptors (Lipinski definition) is 14. The molecule has 0 amide bonds. The second-order valence-electron chi connectivity index (χ2n) is 17.0. The molecule has 14 heteroatoms. The molecule has 0 bridgehead atoms. The third kappa shape index (κ3) is 7.39. The number of benzene rings is 3. The summed E-state index contributed by atoms with van der Waals surface area (Å²) in [6.07, 6.45) is -8.57. The van der Waals surface area contributed by atoms with E-state index >= 15 is 0 Å². The van der Waals surface area contributed by atoms with Crippen molar-refractivity contribution < 1.29 is 67.0 Å². The van der Waals surface area contributed by atoms with Crippen molar-refractivity contribution in [2.75, 3.05) is 6.61 Å². The van der Waals surface area contributed by atoms with Gasteiger partial charge >= 0.3 is 35.8 Å². The quantitative estimate of drug-likeness (QED) is 0.148. The minimum absolute atomic E-state index is 0.0957. The number of carbonyl (C=O) groups excluding carboxylic acids is 6. The van der Waals surface area contributed by atoms with Gasteiger partial charge in [0.15, 0.2) is 17.8 Å². The predicted molar refractivity (Wildman–Crippen MR) is 215 cm³/mol. The van der Waals surface area contributed by atoms with Gasteiger partial charge in [0.25, 0.3) is 0 Å². The van der Waals surface area contributed by atoms with Crippen molar-refractivity contribution >= 4 is 35.8 Å². The molecule has 2 saturated carbocycles. The lowest BCUT2D eigenvalue weighted by Crippen LogP contribution is -2.79. The average molecular weight is 839 g/mol. The van der Waals surface area contributed by atoms with E-state index in [2.05, 4.69) is 0 Å². The maximum absolute atomic E-state index is 14.7. The largest absolute Gasteiger partial charge is 0.462 e. The van der Waals surface area contributed by atoms with E-state index in [9.17, 15) is 33.9 Å². The predicted octanol–water partition coefficient (Wildman–Crippen LogP) is 5.74. The maximum atomic E-state index is 14.7. The summed E-state index contributed by atoms with van der Waals surface area (Å²) in [6, 6.07) is 24.2. The van der Waals surface area contributed by atoms with Gasteiger partial charge in [-0.2, -0.15) is 0 Å². The van der Waals surface area contributed by atoms with Crippen molar-refractivity contribution in [2.45, 2.75) is 109 Å². The minimum atomic E-state index is -1.97. The number of aliphatic hydroxyl groups is 1. The molecule has 14 nitrogen and oxygen atoms in total. The highest BCUT2D eigenvalue weighted by Crippen LogP contribution is 2.69. The Hall–Kier alpha value is -5.86.